The van der Waals surface area contributed by atoms with Crippen LogP contribution in [0.15, 0.2) is 58.8 Å². The van der Waals surface area contributed by atoms with E-state index in [1.807, 2.05) is 12.1 Å². The third-order valence-electron chi connectivity index (χ3n) is 3.62. The number of carbonyl (C=O) groups excluding carboxylic acids is 1. The maximum Gasteiger partial charge on any atom is 0.326 e. The van der Waals surface area contributed by atoms with Gasteiger partial charge in [0.05, 0.1) is 17.1 Å². The van der Waals surface area contributed by atoms with Crippen molar-refractivity contribution in [1.29, 1.82) is 0 Å². The summed E-state index contributed by atoms with van der Waals surface area (Å²) < 4.78 is 6.41. The highest BCUT2D eigenvalue weighted by Crippen LogP contribution is 2.39. The Morgan fingerprint density at radius 1 is 1.16 bits per heavy atom. The average molecular weight is 358 g/mol. The van der Waals surface area contributed by atoms with Gasteiger partial charge in [0.1, 0.15) is 12.2 Å². The van der Waals surface area contributed by atoms with E-state index in [0.717, 1.165) is 0 Å². The summed E-state index contributed by atoms with van der Waals surface area (Å²) in [6, 6.07) is 14.3. The standard InChI is InChI=1S/C18H16ClN3O3/c1-2-25-16(23)11-22-15-10-6-3-7-12(15)17(18(22)24)21-20-14-9-5-4-8-13(14)19/h3-10,24H,2,11H2,1H3. The molecule has 3 aromatic rings. The molecule has 1 aromatic heterocycles. The van der Waals surface area contributed by atoms with E-state index in [4.69, 9.17) is 16.3 Å². The molecule has 0 fully saturated rings. The number of hydrogen-bond acceptors (Lipinski definition) is 5. The van der Waals surface area contributed by atoms with Crippen molar-refractivity contribution in [3.8, 4) is 5.88 Å². The number of carbonyl (C=O) groups is 1. The predicted octanol–water partition coefficient (Wildman–Crippen LogP) is 4.98. The van der Waals surface area contributed by atoms with E-state index in [9.17, 15) is 9.90 Å². The Kier molecular flexibility index (Phi) is 5.00. The molecule has 2 aromatic carbocycles. The highest BCUT2D eigenvalue weighted by atomic mass is 35.5. The summed E-state index contributed by atoms with van der Waals surface area (Å²) in [6.45, 7) is 1.90. The fourth-order valence-electron chi connectivity index (χ4n) is 2.50. The number of para-hydroxylation sites is 1. The largest absolute Gasteiger partial charge is 0.493 e. The quantitative estimate of drug-likeness (QED) is 0.516. The molecule has 0 aliphatic heterocycles. The molecular weight excluding hydrogens is 342 g/mol. The second-order valence-corrected chi connectivity index (χ2v) is 5.64. The number of ether oxygens (including phenoxy) is 1. The summed E-state index contributed by atoms with van der Waals surface area (Å²) in [5.74, 6) is -0.585. The van der Waals surface area contributed by atoms with Crippen LogP contribution in [0.2, 0.25) is 5.02 Å². The van der Waals surface area contributed by atoms with Crippen molar-refractivity contribution in [1.82, 2.24) is 4.57 Å². The minimum absolute atomic E-state index is 0.109. The maximum absolute atomic E-state index is 11.8. The van der Waals surface area contributed by atoms with Crippen molar-refractivity contribution in [2.75, 3.05) is 6.61 Å². The van der Waals surface area contributed by atoms with Gasteiger partial charge in [0.15, 0.2) is 5.69 Å². The topological polar surface area (TPSA) is 76.2 Å². The number of hydrogen-bond donors (Lipinski definition) is 1. The first-order chi connectivity index (χ1) is 12.1. The van der Waals surface area contributed by atoms with E-state index < -0.39 is 5.97 Å². The molecule has 7 heteroatoms. The molecule has 1 heterocycles. The molecule has 0 saturated carbocycles. The van der Waals surface area contributed by atoms with E-state index in [1.165, 1.54) is 4.57 Å². The lowest BCUT2D eigenvalue weighted by Gasteiger charge is -2.06. The van der Waals surface area contributed by atoms with Gasteiger partial charge in [-0.15, -0.1) is 10.2 Å². The van der Waals surface area contributed by atoms with Gasteiger partial charge in [-0.3, -0.25) is 9.36 Å². The molecule has 0 unspecified atom stereocenters. The van der Waals surface area contributed by atoms with E-state index >= 15 is 0 Å². The van der Waals surface area contributed by atoms with Crippen LogP contribution in [0.3, 0.4) is 0 Å². The van der Waals surface area contributed by atoms with Crippen LogP contribution in [0, 0.1) is 0 Å². The number of rotatable bonds is 5. The summed E-state index contributed by atoms with van der Waals surface area (Å²) in [4.78, 5) is 11.8. The van der Waals surface area contributed by atoms with Crippen LogP contribution in [0.1, 0.15) is 6.92 Å². The molecule has 0 atom stereocenters. The fraction of sp³-hybridized carbons (Fsp3) is 0.167. The average Bonchev–Trinajstić information content (AvgIpc) is 2.87. The molecule has 3 rings (SSSR count). The van der Waals surface area contributed by atoms with Crippen molar-refractivity contribution in [2.24, 2.45) is 10.2 Å². The zero-order valence-corrected chi connectivity index (χ0v) is 14.3. The molecule has 1 N–H and O–H groups in total. The number of fused-ring (bicyclic) bond motifs is 1. The van der Waals surface area contributed by atoms with Crippen LogP contribution < -0.4 is 0 Å². The molecular formula is C18H16ClN3O3. The van der Waals surface area contributed by atoms with Crippen LogP contribution in [-0.4, -0.2) is 22.2 Å². The Balaban J connectivity index is 2.05. The Morgan fingerprint density at radius 2 is 1.88 bits per heavy atom. The van der Waals surface area contributed by atoms with Crippen LogP contribution in [0.5, 0.6) is 5.88 Å². The number of aromatic nitrogens is 1. The number of esters is 1. The van der Waals surface area contributed by atoms with Crippen molar-refractivity contribution < 1.29 is 14.6 Å². The van der Waals surface area contributed by atoms with Gasteiger partial charge in [0.2, 0.25) is 5.88 Å². The first-order valence-corrected chi connectivity index (χ1v) is 8.11. The minimum atomic E-state index is -0.437. The lowest BCUT2D eigenvalue weighted by atomic mass is 10.2. The lowest BCUT2D eigenvalue weighted by molar-refractivity contribution is -0.143. The van der Waals surface area contributed by atoms with Gasteiger partial charge in [-0.05, 0) is 25.1 Å². The molecule has 6 nitrogen and oxygen atoms in total. The van der Waals surface area contributed by atoms with Crippen molar-refractivity contribution in [3.63, 3.8) is 0 Å². The molecule has 0 radical (unpaired) electrons. The molecule has 0 amide bonds. The van der Waals surface area contributed by atoms with E-state index in [-0.39, 0.29) is 24.7 Å². The maximum atomic E-state index is 11.8. The summed E-state index contributed by atoms with van der Waals surface area (Å²) in [7, 11) is 0. The van der Waals surface area contributed by atoms with E-state index in [2.05, 4.69) is 10.2 Å². The summed E-state index contributed by atoms with van der Waals surface area (Å²) in [6.07, 6.45) is 0. The Morgan fingerprint density at radius 3 is 2.64 bits per heavy atom. The second kappa shape index (κ2) is 7.36. The van der Waals surface area contributed by atoms with Crippen molar-refractivity contribution >= 4 is 39.8 Å². The van der Waals surface area contributed by atoms with Crippen molar-refractivity contribution in [2.45, 2.75) is 13.5 Å². The van der Waals surface area contributed by atoms with Gasteiger partial charge in [0, 0.05) is 5.39 Å². The first kappa shape index (κ1) is 17.0. The zero-order chi connectivity index (χ0) is 17.8. The summed E-state index contributed by atoms with van der Waals surface area (Å²) in [5.41, 5.74) is 1.44. The highest BCUT2D eigenvalue weighted by Gasteiger charge is 2.18. The highest BCUT2D eigenvalue weighted by molar-refractivity contribution is 6.32. The molecule has 0 spiro atoms. The molecule has 25 heavy (non-hydrogen) atoms. The van der Waals surface area contributed by atoms with Crippen LogP contribution in [-0.2, 0) is 16.1 Å². The normalized spacial score (nSPS) is 11.3. The molecule has 0 aliphatic rings. The summed E-state index contributed by atoms with van der Waals surface area (Å²) >= 11 is 6.07. The molecule has 0 bridgehead atoms. The fourth-order valence-corrected chi connectivity index (χ4v) is 2.68. The van der Waals surface area contributed by atoms with Gasteiger partial charge in [-0.25, -0.2) is 0 Å². The number of halogens is 1. The first-order valence-electron chi connectivity index (χ1n) is 7.74. The number of aromatic hydroxyl groups is 1. The minimum Gasteiger partial charge on any atom is -0.493 e. The Hall–Kier alpha value is -2.86. The van der Waals surface area contributed by atoms with E-state index in [1.54, 1.807) is 43.3 Å². The second-order valence-electron chi connectivity index (χ2n) is 5.23. The number of azo groups is 1. The van der Waals surface area contributed by atoms with Crippen LogP contribution >= 0.6 is 11.6 Å². The SMILES string of the molecule is CCOC(=O)Cn1c(O)c(N=Nc2ccccc2Cl)c2ccccc21. The molecule has 0 saturated heterocycles. The van der Waals surface area contributed by atoms with Gasteiger partial charge >= 0.3 is 5.97 Å². The molecule has 128 valence electrons. The van der Waals surface area contributed by atoms with Gasteiger partial charge < -0.3 is 9.84 Å². The van der Waals surface area contributed by atoms with Gasteiger partial charge in [-0.1, -0.05) is 41.9 Å². The number of nitrogens with zero attached hydrogens (tertiary/aromatic N) is 3. The van der Waals surface area contributed by atoms with Gasteiger partial charge in [-0.2, -0.15) is 0 Å². The smallest absolute Gasteiger partial charge is 0.326 e. The van der Waals surface area contributed by atoms with E-state index in [0.29, 0.717) is 21.6 Å². The van der Waals surface area contributed by atoms with Gasteiger partial charge in [0.25, 0.3) is 0 Å². The van der Waals surface area contributed by atoms with Crippen molar-refractivity contribution in [3.05, 3.63) is 53.6 Å². The third-order valence-corrected chi connectivity index (χ3v) is 3.94. The lowest BCUT2D eigenvalue weighted by Crippen LogP contribution is -2.12. The zero-order valence-electron chi connectivity index (χ0n) is 13.5. The summed E-state index contributed by atoms with van der Waals surface area (Å²) in [5, 5.41) is 20.0. The third kappa shape index (κ3) is 3.49. The van der Waals surface area contributed by atoms with Crippen LogP contribution in [0.25, 0.3) is 10.9 Å². The monoisotopic (exact) mass is 357 g/mol. The predicted molar refractivity (Wildman–Crippen MR) is 95.9 cm³/mol. The Bertz CT molecular complexity index is 950. The van der Waals surface area contributed by atoms with Crippen LogP contribution in [0.4, 0.5) is 11.4 Å². The Labute approximate surface area is 149 Å². The molecule has 0 aliphatic carbocycles. The number of benzene rings is 2.